The van der Waals surface area contributed by atoms with E-state index in [4.69, 9.17) is 21.2 Å². The van der Waals surface area contributed by atoms with Crippen LogP contribution in [-0.2, 0) is 16.2 Å². The minimum atomic E-state index is -0.483. The quantitative estimate of drug-likeness (QED) is 0.441. The van der Waals surface area contributed by atoms with E-state index in [2.05, 4.69) is 5.16 Å². The number of para-hydroxylation sites is 1. The Bertz CT molecular complexity index is 1070. The van der Waals surface area contributed by atoms with Crippen LogP contribution in [0.5, 0.6) is 5.75 Å². The summed E-state index contributed by atoms with van der Waals surface area (Å²) in [5.74, 6) is 0.172. The Balaban J connectivity index is 1.62. The highest BCUT2D eigenvalue weighted by atomic mass is 35.5. The molecule has 28 heavy (non-hydrogen) atoms. The lowest BCUT2D eigenvalue weighted by Crippen LogP contribution is -2.07. The lowest BCUT2D eigenvalue weighted by molar-refractivity contribution is -0.136. The minimum absolute atomic E-state index is 0.366. The standard InChI is InChI=1S/C23H16ClNO3/c24-19-11-6-7-16(13-19)15-27-21-12-5-4-10-18(21)14-20-22(25-28-23(20)26)17-8-2-1-3-9-17/h1-14H,15H2/b20-14-. The Morgan fingerprint density at radius 2 is 1.75 bits per heavy atom. The van der Waals surface area contributed by atoms with Gasteiger partial charge in [-0.15, -0.1) is 0 Å². The fraction of sp³-hybridized carbons (Fsp3) is 0.0435. The molecule has 1 aliphatic rings. The van der Waals surface area contributed by atoms with Gasteiger partial charge >= 0.3 is 5.97 Å². The number of benzene rings is 3. The van der Waals surface area contributed by atoms with Crippen LogP contribution in [0.25, 0.3) is 6.08 Å². The number of halogens is 1. The Morgan fingerprint density at radius 3 is 2.57 bits per heavy atom. The molecule has 0 N–H and O–H groups in total. The molecule has 0 unspecified atom stereocenters. The highest BCUT2D eigenvalue weighted by Crippen LogP contribution is 2.26. The molecule has 0 bridgehead atoms. The van der Waals surface area contributed by atoms with Crippen LogP contribution in [0.1, 0.15) is 16.7 Å². The van der Waals surface area contributed by atoms with Gasteiger partial charge in [0.1, 0.15) is 18.1 Å². The summed E-state index contributed by atoms with van der Waals surface area (Å²) in [5.41, 5.74) is 3.45. The first-order valence-corrected chi connectivity index (χ1v) is 9.11. The Hall–Kier alpha value is -3.37. The minimum Gasteiger partial charge on any atom is -0.488 e. The molecule has 1 aliphatic heterocycles. The molecule has 3 aromatic rings. The average molecular weight is 390 g/mol. The van der Waals surface area contributed by atoms with Crippen LogP contribution >= 0.6 is 11.6 Å². The molecule has 5 heteroatoms. The summed E-state index contributed by atoms with van der Waals surface area (Å²) in [5, 5.41) is 4.60. The van der Waals surface area contributed by atoms with Crippen molar-refractivity contribution in [2.75, 3.05) is 0 Å². The van der Waals surface area contributed by atoms with Gasteiger partial charge in [-0.05, 0) is 29.8 Å². The fourth-order valence-electron chi connectivity index (χ4n) is 2.89. The molecule has 0 atom stereocenters. The molecule has 0 saturated carbocycles. The molecule has 0 amide bonds. The molecule has 0 fully saturated rings. The highest BCUT2D eigenvalue weighted by Gasteiger charge is 2.27. The smallest absolute Gasteiger partial charge is 0.368 e. The van der Waals surface area contributed by atoms with Crippen molar-refractivity contribution < 1.29 is 14.4 Å². The van der Waals surface area contributed by atoms with Crippen molar-refractivity contribution in [1.82, 2.24) is 0 Å². The van der Waals surface area contributed by atoms with Crippen LogP contribution in [0, 0.1) is 0 Å². The molecule has 0 aromatic heterocycles. The first-order valence-electron chi connectivity index (χ1n) is 8.74. The van der Waals surface area contributed by atoms with Crippen LogP contribution in [0.4, 0.5) is 0 Å². The molecular formula is C23H16ClNO3. The van der Waals surface area contributed by atoms with Gasteiger partial charge in [0.25, 0.3) is 0 Å². The van der Waals surface area contributed by atoms with Gasteiger partial charge in [-0.1, -0.05) is 77.4 Å². The second kappa shape index (κ2) is 8.11. The summed E-state index contributed by atoms with van der Waals surface area (Å²) in [6.45, 7) is 0.366. The Morgan fingerprint density at radius 1 is 0.964 bits per heavy atom. The molecule has 3 aromatic carbocycles. The number of hydrogen-bond donors (Lipinski definition) is 0. The summed E-state index contributed by atoms with van der Waals surface area (Å²) in [4.78, 5) is 17.1. The first kappa shape index (κ1) is 18.0. The second-order valence-corrected chi connectivity index (χ2v) is 6.64. The molecule has 0 spiro atoms. The van der Waals surface area contributed by atoms with Gasteiger partial charge < -0.3 is 9.57 Å². The van der Waals surface area contributed by atoms with Crippen molar-refractivity contribution in [3.63, 3.8) is 0 Å². The third-order valence-corrected chi connectivity index (χ3v) is 4.48. The van der Waals surface area contributed by atoms with Gasteiger partial charge in [0.15, 0.2) is 0 Å². The predicted molar refractivity (Wildman–Crippen MR) is 109 cm³/mol. The predicted octanol–water partition coefficient (Wildman–Crippen LogP) is 5.26. The van der Waals surface area contributed by atoms with Crippen LogP contribution in [-0.4, -0.2) is 11.7 Å². The summed E-state index contributed by atoms with van der Waals surface area (Å²) in [6, 6.07) is 24.5. The zero-order valence-corrected chi connectivity index (χ0v) is 15.6. The summed E-state index contributed by atoms with van der Waals surface area (Å²) in [6.07, 6.45) is 1.74. The van der Waals surface area contributed by atoms with Gasteiger partial charge in [0.2, 0.25) is 0 Å². The molecule has 138 valence electrons. The average Bonchev–Trinajstić information content (AvgIpc) is 3.08. The van der Waals surface area contributed by atoms with Crippen molar-refractivity contribution in [2.24, 2.45) is 5.16 Å². The highest BCUT2D eigenvalue weighted by molar-refractivity contribution is 6.31. The second-order valence-electron chi connectivity index (χ2n) is 6.20. The number of oxime groups is 1. The van der Waals surface area contributed by atoms with Crippen LogP contribution in [0.3, 0.4) is 0 Å². The normalized spacial score (nSPS) is 14.7. The summed E-state index contributed by atoms with van der Waals surface area (Å²) < 4.78 is 5.97. The molecule has 1 heterocycles. The van der Waals surface area contributed by atoms with E-state index in [0.29, 0.717) is 28.7 Å². The zero-order valence-electron chi connectivity index (χ0n) is 14.8. The van der Waals surface area contributed by atoms with Crippen LogP contribution < -0.4 is 4.74 Å². The van der Waals surface area contributed by atoms with Gasteiger partial charge in [0.05, 0.1) is 5.57 Å². The number of hydrogen-bond acceptors (Lipinski definition) is 4. The number of carbonyl (C=O) groups is 1. The maximum absolute atomic E-state index is 12.2. The fourth-order valence-corrected chi connectivity index (χ4v) is 3.10. The SMILES string of the molecule is O=C1ON=C(c2ccccc2)/C1=C/c1ccccc1OCc1cccc(Cl)c1. The van der Waals surface area contributed by atoms with Crippen molar-refractivity contribution in [3.8, 4) is 5.75 Å². The van der Waals surface area contributed by atoms with E-state index in [1.54, 1.807) is 6.08 Å². The Kier molecular flexibility index (Phi) is 5.22. The van der Waals surface area contributed by atoms with Crippen molar-refractivity contribution >= 4 is 29.4 Å². The van der Waals surface area contributed by atoms with E-state index in [0.717, 1.165) is 16.7 Å². The van der Waals surface area contributed by atoms with E-state index in [1.807, 2.05) is 78.9 Å². The van der Waals surface area contributed by atoms with E-state index in [1.165, 1.54) is 0 Å². The Labute approximate surface area is 167 Å². The summed E-state index contributed by atoms with van der Waals surface area (Å²) >= 11 is 6.03. The molecule has 4 nitrogen and oxygen atoms in total. The van der Waals surface area contributed by atoms with E-state index in [9.17, 15) is 4.79 Å². The van der Waals surface area contributed by atoms with Gasteiger partial charge in [-0.3, -0.25) is 0 Å². The number of ether oxygens (including phenoxy) is 1. The van der Waals surface area contributed by atoms with E-state index < -0.39 is 5.97 Å². The molecule has 0 aliphatic carbocycles. The topological polar surface area (TPSA) is 47.9 Å². The molecule has 4 rings (SSSR count). The zero-order chi connectivity index (χ0) is 19.3. The lowest BCUT2D eigenvalue weighted by atomic mass is 10.0. The molecular weight excluding hydrogens is 374 g/mol. The van der Waals surface area contributed by atoms with Gasteiger partial charge in [-0.25, -0.2) is 4.79 Å². The lowest BCUT2D eigenvalue weighted by Gasteiger charge is -2.10. The van der Waals surface area contributed by atoms with Gasteiger partial charge in [-0.2, -0.15) is 0 Å². The first-order chi connectivity index (χ1) is 13.7. The summed E-state index contributed by atoms with van der Waals surface area (Å²) in [7, 11) is 0. The third-order valence-electron chi connectivity index (χ3n) is 4.24. The van der Waals surface area contributed by atoms with E-state index >= 15 is 0 Å². The maximum Gasteiger partial charge on any atom is 0.368 e. The monoisotopic (exact) mass is 389 g/mol. The third kappa shape index (κ3) is 3.97. The van der Waals surface area contributed by atoms with Crippen molar-refractivity contribution in [1.29, 1.82) is 0 Å². The number of rotatable bonds is 5. The molecule has 0 radical (unpaired) electrons. The number of carbonyl (C=O) groups excluding carboxylic acids is 1. The maximum atomic E-state index is 12.2. The van der Waals surface area contributed by atoms with Crippen molar-refractivity contribution in [3.05, 3.63) is 106 Å². The molecule has 0 saturated heterocycles. The largest absolute Gasteiger partial charge is 0.488 e. The van der Waals surface area contributed by atoms with Gasteiger partial charge in [0, 0.05) is 16.1 Å². The number of nitrogens with zero attached hydrogens (tertiary/aromatic N) is 1. The van der Waals surface area contributed by atoms with Crippen LogP contribution in [0.15, 0.2) is 89.6 Å². The van der Waals surface area contributed by atoms with Crippen molar-refractivity contribution in [2.45, 2.75) is 6.61 Å². The van der Waals surface area contributed by atoms with E-state index in [-0.39, 0.29) is 0 Å². The van der Waals surface area contributed by atoms with Crippen LogP contribution in [0.2, 0.25) is 5.02 Å².